The first-order chi connectivity index (χ1) is 17.6. The second-order valence-corrected chi connectivity index (χ2v) is 11.5. The molecule has 1 fully saturated rings. The summed E-state index contributed by atoms with van der Waals surface area (Å²) in [5.41, 5.74) is 5.51. The van der Waals surface area contributed by atoms with Gasteiger partial charge in [-0.05, 0) is 17.7 Å². The average Bonchev–Trinajstić information content (AvgIpc) is 2.82. The van der Waals surface area contributed by atoms with E-state index in [-0.39, 0.29) is 39.2 Å². The minimum absolute atomic E-state index is 0.00673. The van der Waals surface area contributed by atoms with Gasteiger partial charge in [-0.25, -0.2) is 14.8 Å². The number of halogens is 2. The van der Waals surface area contributed by atoms with Gasteiger partial charge in [-0.15, -0.1) is 35.3 Å². The third-order valence-corrected chi connectivity index (χ3v) is 8.54. The number of rotatable bonds is 9. The lowest BCUT2D eigenvalue weighted by Gasteiger charge is -2.49. The molecule has 0 aromatic carbocycles. The highest BCUT2D eigenvalue weighted by atomic mass is 35.5. The normalized spacial score (nSPS) is 19.1. The zero-order chi connectivity index (χ0) is 26.7. The number of fused-ring (bicyclic) bond motifs is 1. The lowest BCUT2D eigenvalue weighted by Crippen LogP contribution is -2.70. The first kappa shape index (κ1) is 27.4. The molecule has 16 heteroatoms. The fourth-order valence-electron chi connectivity index (χ4n) is 3.51. The number of carbonyl (C=O) groups excluding carboxylic acids is 2. The molecule has 1 unspecified atom stereocenters. The van der Waals surface area contributed by atoms with Gasteiger partial charge in [0.1, 0.15) is 32.4 Å². The van der Waals surface area contributed by atoms with Gasteiger partial charge in [-0.3, -0.25) is 24.3 Å². The number of β-lactam (4-membered cyclic amide) rings is 1. The molecule has 4 rings (SSSR count). The number of allylic oxidation sites excluding steroid dienone is 1. The van der Waals surface area contributed by atoms with Gasteiger partial charge in [-0.1, -0.05) is 35.4 Å². The van der Waals surface area contributed by atoms with Gasteiger partial charge in [0.05, 0.1) is 5.75 Å². The first-order valence-corrected chi connectivity index (χ1v) is 14.2. The maximum atomic E-state index is 12.8. The van der Waals surface area contributed by atoms with E-state index in [0.29, 0.717) is 27.0 Å². The molecule has 0 saturated carbocycles. The van der Waals surface area contributed by atoms with E-state index in [4.69, 9.17) is 28.9 Å². The van der Waals surface area contributed by atoms with Crippen LogP contribution in [0.3, 0.4) is 0 Å². The van der Waals surface area contributed by atoms with Crippen LogP contribution in [0.5, 0.6) is 0 Å². The number of aromatic nitrogens is 3. The Kier molecular flexibility index (Phi) is 8.75. The van der Waals surface area contributed by atoms with Gasteiger partial charge in [0.2, 0.25) is 11.9 Å². The first-order valence-electron chi connectivity index (χ1n) is 10.4. The molecule has 4 heterocycles. The Bertz CT molecular complexity index is 1360. The quantitative estimate of drug-likeness (QED) is 0.144. The van der Waals surface area contributed by atoms with Crippen LogP contribution in [-0.2, 0) is 14.4 Å². The fraction of sp³-hybridized carbons (Fsp3) is 0.238. The fourth-order valence-corrected chi connectivity index (χ4v) is 6.91. The van der Waals surface area contributed by atoms with Crippen LogP contribution in [0.25, 0.3) is 0 Å². The van der Waals surface area contributed by atoms with Crippen molar-refractivity contribution in [1.29, 1.82) is 0 Å². The summed E-state index contributed by atoms with van der Waals surface area (Å²) < 4.78 is 0. The number of nitrogens with zero attached hydrogens (tertiary/aromatic N) is 3. The van der Waals surface area contributed by atoms with Crippen molar-refractivity contribution in [3.8, 4) is 0 Å². The van der Waals surface area contributed by atoms with Crippen molar-refractivity contribution in [2.75, 3.05) is 23.0 Å². The molecular formula is C21H18Cl2N6O5S3. The summed E-state index contributed by atoms with van der Waals surface area (Å²) >= 11 is 15.5. The molecule has 2 aromatic heterocycles. The second-order valence-electron chi connectivity index (χ2n) is 7.55. The Morgan fingerprint density at radius 3 is 2.65 bits per heavy atom. The highest BCUT2D eigenvalue weighted by molar-refractivity contribution is 8.00. The average molecular weight is 602 g/mol. The number of thioether (sulfide) groups is 3. The summed E-state index contributed by atoms with van der Waals surface area (Å²) in [5.74, 6) is -1.36. The number of anilines is 1. The Morgan fingerprint density at radius 2 is 1.97 bits per heavy atom. The number of carboxylic acids is 1. The van der Waals surface area contributed by atoms with Crippen LogP contribution >= 0.6 is 58.5 Å². The van der Waals surface area contributed by atoms with Crippen molar-refractivity contribution in [2.24, 2.45) is 0 Å². The molecule has 0 bridgehead atoms. The van der Waals surface area contributed by atoms with Gasteiger partial charge in [0.15, 0.2) is 0 Å². The standard InChI is InChI=1S/C21H18Cl2N6O5S3/c22-11-4-10(5-12(23)25-11)36-8-14(31)26-16-18(32)29-17(20(33)34)9(7-37-19(16)29)2-1-3-35-15-6-13(30)27-21(24)28-15/h1-2,4-6,16,19H,3,7-8H2,(H,26,31)(H,33,34)(H3,24,27,28,30)/b2-1+/t16-,19?/m1/s1. The largest absolute Gasteiger partial charge is 0.477 e. The zero-order valence-corrected chi connectivity index (χ0v) is 22.6. The Hall–Kier alpha value is -2.65. The number of hydrogen-bond donors (Lipinski definition) is 4. The molecule has 1 saturated heterocycles. The van der Waals surface area contributed by atoms with Gasteiger partial charge in [-0.2, -0.15) is 0 Å². The van der Waals surface area contributed by atoms with E-state index >= 15 is 0 Å². The van der Waals surface area contributed by atoms with Crippen LogP contribution < -0.4 is 16.6 Å². The summed E-state index contributed by atoms with van der Waals surface area (Å²) in [6.45, 7) is 0. The number of aromatic amines is 1. The molecular weight excluding hydrogens is 583 g/mol. The number of amides is 2. The number of carboxylic acid groups (broad SMARTS) is 1. The van der Waals surface area contributed by atoms with Gasteiger partial charge < -0.3 is 16.2 Å². The van der Waals surface area contributed by atoms with Gasteiger partial charge in [0.25, 0.3) is 11.5 Å². The molecule has 2 atom stereocenters. The Balaban J connectivity index is 1.36. The van der Waals surface area contributed by atoms with Crippen molar-refractivity contribution >= 4 is 82.2 Å². The zero-order valence-electron chi connectivity index (χ0n) is 18.6. The van der Waals surface area contributed by atoms with Crippen molar-refractivity contribution in [2.45, 2.75) is 21.3 Å². The predicted octanol–water partition coefficient (Wildman–Crippen LogP) is 2.23. The second kappa shape index (κ2) is 11.8. The number of nitrogens with one attached hydrogen (secondary N) is 2. The monoisotopic (exact) mass is 600 g/mol. The lowest BCUT2D eigenvalue weighted by molar-refractivity contribution is -0.150. The third kappa shape index (κ3) is 6.62. The molecule has 194 valence electrons. The molecule has 11 nitrogen and oxygen atoms in total. The van der Waals surface area contributed by atoms with E-state index in [1.807, 2.05) is 0 Å². The summed E-state index contributed by atoms with van der Waals surface area (Å²) in [5, 5.41) is 12.8. The molecule has 2 amide bonds. The molecule has 2 aromatic rings. The SMILES string of the molecule is Nc1nc(SC/C=C/C2=C(C(=O)O)N3C(=O)[C@@H](NC(=O)CSc4cc(Cl)nc(Cl)c4)C3SC2)cc(=O)[nH]1. The van der Waals surface area contributed by atoms with Crippen LogP contribution in [0.15, 0.2) is 56.3 Å². The highest BCUT2D eigenvalue weighted by Gasteiger charge is 2.53. The van der Waals surface area contributed by atoms with Gasteiger partial charge >= 0.3 is 5.97 Å². The maximum Gasteiger partial charge on any atom is 0.352 e. The van der Waals surface area contributed by atoms with E-state index < -0.39 is 23.3 Å². The number of pyridine rings is 1. The number of nitrogens with two attached hydrogens (primary N) is 1. The van der Waals surface area contributed by atoms with Crippen molar-refractivity contribution in [3.63, 3.8) is 0 Å². The number of H-pyrrole nitrogens is 1. The van der Waals surface area contributed by atoms with Crippen molar-refractivity contribution in [1.82, 2.24) is 25.2 Å². The topological polar surface area (TPSA) is 171 Å². The third-order valence-electron chi connectivity index (χ3n) is 5.01. The van der Waals surface area contributed by atoms with Crippen LogP contribution in [0, 0.1) is 0 Å². The van der Waals surface area contributed by atoms with Crippen LogP contribution in [-0.4, -0.2) is 71.4 Å². The number of aliphatic carboxylic acids is 1. The Morgan fingerprint density at radius 1 is 1.24 bits per heavy atom. The Labute approximate surface area is 232 Å². The van der Waals surface area contributed by atoms with E-state index in [9.17, 15) is 24.3 Å². The van der Waals surface area contributed by atoms with Crippen LogP contribution in [0.1, 0.15) is 0 Å². The summed E-state index contributed by atoms with van der Waals surface area (Å²) in [6.07, 6.45) is 3.36. The molecule has 37 heavy (non-hydrogen) atoms. The minimum atomic E-state index is -1.23. The van der Waals surface area contributed by atoms with E-state index in [1.54, 1.807) is 24.3 Å². The molecule has 0 spiro atoms. The number of nitrogen functional groups attached to an aromatic ring is 1. The highest BCUT2D eigenvalue weighted by Crippen LogP contribution is 2.40. The molecule has 0 radical (unpaired) electrons. The number of hydrogen-bond acceptors (Lipinski definition) is 10. The minimum Gasteiger partial charge on any atom is -0.477 e. The predicted molar refractivity (Wildman–Crippen MR) is 144 cm³/mol. The maximum absolute atomic E-state index is 12.8. The summed E-state index contributed by atoms with van der Waals surface area (Å²) in [7, 11) is 0. The van der Waals surface area contributed by atoms with E-state index in [2.05, 4.69) is 20.3 Å². The summed E-state index contributed by atoms with van der Waals surface area (Å²) in [6, 6.07) is 3.62. The van der Waals surface area contributed by atoms with Gasteiger partial charge in [0, 0.05) is 22.5 Å². The number of carbonyl (C=O) groups is 3. The molecule has 0 aliphatic carbocycles. The van der Waals surface area contributed by atoms with Crippen LogP contribution in [0.2, 0.25) is 10.3 Å². The smallest absolute Gasteiger partial charge is 0.352 e. The van der Waals surface area contributed by atoms with E-state index in [1.165, 1.54) is 46.3 Å². The lowest BCUT2D eigenvalue weighted by atomic mass is 10.0. The molecule has 2 aliphatic heterocycles. The van der Waals surface area contributed by atoms with Crippen molar-refractivity contribution in [3.05, 3.63) is 62.3 Å². The molecule has 2 aliphatic rings. The van der Waals surface area contributed by atoms with Crippen LogP contribution in [0.4, 0.5) is 5.95 Å². The summed E-state index contributed by atoms with van der Waals surface area (Å²) in [4.78, 5) is 60.8. The van der Waals surface area contributed by atoms with Crippen molar-refractivity contribution < 1.29 is 19.5 Å². The molecule has 5 N–H and O–H groups in total. The van der Waals surface area contributed by atoms with E-state index in [0.717, 1.165) is 0 Å².